The van der Waals surface area contributed by atoms with Gasteiger partial charge in [0.05, 0.1) is 24.9 Å². The first kappa shape index (κ1) is 25.4. The van der Waals surface area contributed by atoms with Crippen molar-refractivity contribution in [3.63, 3.8) is 0 Å². The molecular formula is C29H32N6O3. The number of rotatable bonds is 6. The average Bonchev–Trinajstić information content (AvgIpc) is 2.90. The Morgan fingerprint density at radius 1 is 1.03 bits per heavy atom. The minimum absolute atomic E-state index is 0.136. The molecule has 0 radical (unpaired) electrons. The Kier molecular flexibility index (Phi) is 7.11. The monoisotopic (exact) mass is 512 g/mol. The molecular weight excluding hydrogens is 480 g/mol. The van der Waals surface area contributed by atoms with Crippen LogP contribution in [0.2, 0.25) is 0 Å². The Morgan fingerprint density at radius 3 is 2.61 bits per heavy atom. The van der Waals surface area contributed by atoms with Crippen LogP contribution in [0.25, 0.3) is 10.9 Å². The van der Waals surface area contributed by atoms with Crippen molar-refractivity contribution in [1.29, 1.82) is 0 Å². The minimum atomic E-state index is -0.317. The van der Waals surface area contributed by atoms with Gasteiger partial charge in [-0.2, -0.15) is 0 Å². The van der Waals surface area contributed by atoms with Gasteiger partial charge in [-0.1, -0.05) is 6.07 Å². The summed E-state index contributed by atoms with van der Waals surface area (Å²) < 4.78 is 11.6. The number of benzene rings is 2. The van der Waals surface area contributed by atoms with E-state index in [1.54, 1.807) is 18.3 Å². The van der Waals surface area contributed by atoms with Crippen LogP contribution in [0.5, 0.6) is 11.5 Å². The predicted octanol–water partition coefficient (Wildman–Crippen LogP) is 5.23. The third-order valence-electron chi connectivity index (χ3n) is 6.09. The summed E-state index contributed by atoms with van der Waals surface area (Å²) in [5.41, 5.74) is 2.82. The number of carbonyl (C=O) groups is 1. The zero-order valence-corrected chi connectivity index (χ0v) is 22.1. The van der Waals surface area contributed by atoms with E-state index < -0.39 is 0 Å². The molecule has 0 saturated carbocycles. The molecule has 38 heavy (non-hydrogen) atoms. The van der Waals surface area contributed by atoms with Crippen LogP contribution in [0.4, 0.5) is 17.3 Å². The standard InChI is InChI=1S/C29H32N6O3/c1-19-14-21(8-9-25(19)38-22-7-5-6-20(15-22)28(36)34-29(2,3)4)33-27-23-16-26(35-10-12-37-13-11-35)30-17-24(23)31-18-32-27/h5-9,14-18H,10-13H2,1-4H3,(H,34,36)(H,31,32,33). The highest BCUT2D eigenvalue weighted by Gasteiger charge is 2.17. The van der Waals surface area contributed by atoms with Crippen LogP contribution >= 0.6 is 0 Å². The molecule has 4 aromatic rings. The van der Waals surface area contributed by atoms with E-state index >= 15 is 0 Å². The highest BCUT2D eigenvalue weighted by molar-refractivity contribution is 5.95. The molecule has 1 amide bonds. The molecule has 2 aromatic carbocycles. The zero-order valence-electron chi connectivity index (χ0n) is 22.1. The molecule has 0 aliphatic carbocycles. The Morgan fingerprint density at radius 2 is 1.84 bits per heavy atom. The summed E-state index contributed by atoms with van der Waals surface area (Å²) in [7, 11) is 0. The molecule has 2 aromatic heterocycles. The van der Waals surface area contributed by atoms with E-state index in [1.807, 2.05) is 64.1 Å². The van der Waals surface area contributed by atoms with Crippen molar-refractivity contribution < 1.29 is 14.3 Å². The third-order valence-corrected chi connectivity index (χ3v) is 6.09. The lowest BCUT2D eigenvalue weighted by Gasteiger charge is -2.27. The van der Waals surface area contributed by atoms with Crippen LogP contribution in [0.3, 0.4) is 0 Å². The maximum atomic E-state index is 12.6. The smallest absolute Gasteiger partial charge is 0.251 e. The van der Waals surface area contributed by atoms with Crippen LogP contribution in [0.1, 0.15) is 36.7 Å². The Bertz CT molecular complexity index is 1460. The predicted molar refractivity (Wildman–Crippen MR) is 149 cm³/mol. The topological polar surface area (TPSA) is 102 Å². The number of aryl methyl sites for hydroxylation is 1. The largest absolute Gasteiger partial charge is 0.457 e. The molecule has 1 fully saturated rings. The lowest BCUT2D eigenvalue weighted by Crippen LogP contribution is -2.40. The van der Waals surface area contributed by atoms with Crippen molar-refractivity contribution in [2.45, 2.75) is 33.2 Å². The van der Waals surface area contributed by atoms with Crippen LogP contribution in [-0.2, 0) is 4.74 Å². The van der Waals surface area contributed by atoms with Gasteiger partial charge in [-0.25, -0.2) is 15.0 Å². The van der Waals surface area contributed by atoms with Crippen molar-refractivity contribution in [3.8, 4) is 11.5 Å². The fourth-order valence-electron chi connectivity index (χ4n) is 4.23. The van der Waals surface area contributed by atoms with E-state index in [-0.39, 0.29) is 11.4 Å². The highest BCUT2D eigenvalue weighted by atomic mass is 16.5. The summed E-state index contributed by atoms with van der Waals surface area (Å²) in [5, 5.41) is 7.30. The van der Waals surface area contributed by atoms with Crippen molar-refractivity contribution in [1.82, 2.24) is 20.3 Å². The van der Waals surface area contributed by atoms with Crippen molar-refractivity contribution >= 4 is 34.1 Å². The lowest BCUT2D eigenvalue weighted by molar-refractivity contribution is 0.0919. The molecule has 9 nitrogen and oxygen atoms in total. The first-order valence-electron chi connectivity index (χ1n) is 12.7. The maximum Gasteiger partial charge on any atom is 0.251 e. The molecule has 0 spiro atoms. The Hall–Kier alpha value is -4.24. The van der Waals surface area contributed by atoms with Crippen molar-refractivity contribution in [2.75, 3.05) is 36.5 Å². The normalized spacial score (nSPS) is 13.8. The van der Waals surface area contributed by atoms with E-state index in [0.717, 1.165) is 41.1 Å². The number of amides is 1. The van der Waals surface area contributed by atoms with Gasteiger partial charge < -0.3 is 25.0 Å². The molecule has 1 saturated heterocycles. The fourth-order valence-corrected chi connectivity index (χ4v) is 4.23. The fraction of sp³-hybridized carbons (Fsp3) is 0.310. The van der Waals surface area contributed by atoms with E-state index in [2.05, 4.69) is 30.5 Å². The van der Waals surface area contributed by atoms with Crippen LogP contribution in [0.15, 0.2) is 61.1 Å². The number of ether oxygens (including phenoxy) is 2. The molecule has 1 aliphatic heterocycles. The molecule has 0 unspecified atom stereocenters. The first-order chi connectivity index (χ1) is 18.2. The van der Waals surface area contributed by atoms with Gasteiger partial charge >= 0.3 is 0 Å². The van der Waals surface area contributed by atoms with Gasteiger partial charge in [0.1, 0.15) is 29.5 Å². The van der Waals surface area contributed by atoms with Crippen molar-refractivity contribution in [2.24, 2.45) is 0 Å². The first-order valence-corrected chi connectivity index (χ1v) is 12.7. The van der Waals surface area contributed by atoms with Gasteiger partial charge in [0.15, 0.2) is 0 Å². The number of hydrogen-bond donors (Lipinski definition) is 2. The number of hydrogen-bond acceptors (Lipinski definition) is 8. The van der Waals surface area contributed by atoms with Gasteiger partial charge in [-0.3, -0.25) is 4.79 Å². The second-order valence-electron chi connectivity index (χ2n) is 10.3. The zero-order chi connectivity index (χ0) is 26.7. The number of pyridine rings is 1. The molecule has 3 heterocycles. The quantitative estimate of drug-likeness (QED) is 0.362. The molecule has 1 aliphatic rings. The summed E-state index contributed by atoms with van der Waals surface area (Å²) in [6.45, 7) is 10.8. The van der Waals surface area contributed by atoms with E-state index in [4.69, 9.17) is 9.47 Å². The summed E-state index contributed by atoms with van der Waals surface area (Å²) in [6, 6.07) is 15.1. The summed E-state index contributed by atoms with van der Waals surface area (Å²) in [5.74, 6) is 2.76. The number of nitrogens with zero attached hydrogens (tertiary/aromatic N) is 4. The summed E-state index contributed by atoms with van der Waals surface area (Å²) >= 11 is 0. The van der Waals surface area contributed by atoms with Crippen molar-refractivity contribution in [3.05, 3.63) is 72.2 Å². The second kappa shape index (κ2) is 10.6. The van der Waals surface area contributed by atoms with E-state index in [0.29, 0.717) is 36.1 Å². The van der Waals surface area contributed by atoms with Gasteiger partial charge in [0.2, 0.25) is 0 Å². The number of anilines is 3. The summed E-state index contributed by atoms with van der Waals surface area (Å²) in [4.78, 5) is 28.2. The van der Waals surface area contributed by atoms with Crippen LogP contribution < -0.4 is 20.3 Å². The molecule has 0 atom stereocenters. The highest BCUT2D eigenvalue weighted by Crippen LogP contribution is 2.31. The molecule has 0 bridgehead atoms. The number of carbonyl (C=O) groups excluding carboxylic acids is 1. The van der Waals surface area contributed by atoms with Crippen LogP contribution in [0, 0.1) is 6.92 Å². The molecule has 9 heteroatoms. The molecule has 2 N–H and O–H groups in total. The maximum absolute atomic E-state index is 12.6. The minimum Gasteiger partial charge on any atom is -0.457 e. The second-order valence-corrected chi connectivity index (χ2v) is 10.3. The number of morpholine rings is 1. The van der Waals surface area contributed by atoms with Gasteiger partial charge in [-0.15, -0.1) is 0 Å². The third kappa shape index (κ3) is 6.00. The molecule has 5 rings (SSSR count). The Balaban J connectivity index is 1.34. The van der Waals surface area contributed by atoms with Gasteiger partial charge in [0, 0.05) is 35.3 Å². The number of nitrogens with one attached hydrogen (secondary N) is 2. The molecule has 196 valence electrons. The SMILES string of the molecule is Cc1cc(Nc2ncnc3cnc(N4CCOCC4)cc23)ccc1Oc1cccc(C(=O)NC(C)(C)C)c1. The van der Waals surface area contributed by atoms with Crippen LogP contribution in [-0.4, -0.2) is 52.7 Å². The Labute approximate surface area is 222 Å². The summed E-state index contributed by atoms with van der Waals surface area (Å²) in [6.07, 6.45) is 3.32. The average molecular weight is 513 g/mol. The van der Waals surface area contributed by atoms with E-state index in [1.165, 1.54) is 6.33 Å². The number of fused-ring (bicyclic) bond motifs is 1. The lowest BCUT2D eigenvalue weighted by atomic mass is 10.1. The number of aromatic nitrogens is 3. The van der Waals surface area contributed by atoms with Gasteiger partial charge in [0.25, 0.3) is 5.91 Å². The van der Waals surface area contributed by atoms with Gasteiger partial charge in [-0.05, 0) is 75.7 Å². The van der Waals surface area contributed by atoms with E-state index in [9.17, 15) is 4.79 Å².